The fraction of sp³-hybridized carbons (Fsp3) is 0.917. The molecule has 1 aliphatic rings. The summed E-state index contributed by atoms with van der Waals surface area (Å²) in [6.45, 7) is 3.31. The van der Waals surface area contributed by atoms with Crippen LogP contribution in [-0.2, 0) is 0 Å². The zero-order valence-electron chi connectivity index (χ0n) is 11.4. The van der Waals surface area contributed by atoms with E-state index in [1.807, 2.05) is 14.1 Å². The first-order chi connectivity index (χ1) is 8.25. The Bertz CT molecular complexity index is 306. The van der Waals surface area contributed by atoms with Gasteiger partial charge in [-0.25, -0.2) is 0 Å². The van der Waals surface area contributed by atoms with Gasteiger partial charge >= 0.3 is 0 Å². The standard InChI is InChI=1S/C12H24N2O4/c1-6(15)8-5-9(16)10(12(18)11(8)17)13-7(2)14(3)4/h6,8-12,15-18H,5H2,1-4H3/t6-,8+,9-,10-,11+,12+/m0/s1. The fourth-order valence-electron chi connectivity index (χ4n) is 2.22. The van der Waals surface area contributed by atoms with Crippen LogP contribution in [-0.4, -0.2) is 75.7 Å². The summed E-state index contributed by atoms with van der Waals surface area (Å²) in [6, 6.07) is -0.752. The lowest BCUT2D eigenvalue weighted by Crippen LogP contribution is -2.55. The minimum absolute atomic E-state index is 0.227. The Morgan fingerprint density at radius 3 is 2.22 bits per heavy atom. The van der Waals surface area contributed by atoms with Crippen molar-refractivity contribution in [3.63, 3.8) is 0 Å². The van der Waals surface area contributed by atoms with E-state index < -0.39 is 36.4 Å². The Morgan fingerprint density at radius 1 is 1.22 bits per heavy atom. The summed E-state index contributed by atoms with van der Waals surface area (Å²) in [5.74, 6) is 0.141. The number of amidine groups is 1. The molecule has 0 heterocycles. The average Bonchev–Trinajstić information content (AvgIpc) is 2.28. The molecule has 18 heavy (non-hydrogen) atoms. The summed E-state index contributed by atoms with van der Waals surface area (Å²) in [4.78, 5) is 6.01. The van der Waals surface area contributed by atoms with Crippen LogP contribution in [0.15, 0.2) is 4.99 Å². The van der Waals surface area contributed by atoms with Gasteiger partial charge in [-0.3, -0.25) is 4.99 Å². The van der Waals surface area contributed by atoms with Gasteiger partial charge in [-0.2, -0.15) is 0 Å². The number of aliphatic hydroxyl groups is 4. The maximum atomic E-state index is 10.0. The second-order valence-electron chi connectivity index (χ2n) is 5.25. The molecule has 0 aromatic rings. The third kappa shape index (κ3) is 3.20. The van der Waals surface area contributed by atoms with Crippen molar-refractivity contribution >= 4 is 5.84 Å². The summed E-state index contributed by atoms with van der Waals surface area (Å²) in [6.07, 6.45) is -3.65. The van der Waals surface area contributed by atoms with Gasteiger partial charge in [0.25, 0.3) is 0 Å². The van der Waals surface area contributed by atoms with E-state index in [1.54, 1.807) is 18.7 Å². The topological polar surface area (TPSA) is 96.5 Å². The molecule has 0 aliphatic heterocycles. The predicted molar refractivity (Wildman–Crippen MR) is 68.4 cm³/mol. The van der Waals surface area contributed by atoms with Crippen LogP contribution < -0.4 is 0 Å². The van der Waals surface area contributed by atoms with E-state index in [4.69, 9.17) is 0 Å². The SMILES string of the molecule is CC(=N[C@@H]1[C@@H](O)[C@H](O)[C@@H]([C@H](C)O)C[C@@H]1O)N(C)C. The minimum atomic E-state index is -1.16. The molecule has 1 fully saturated rings. The first kappa shape index (κ1) is 15.4. The van der Waals surface area contributed by atoms with Crippen molar-refractivity contribution in [1.82, 2.24) is 4.90 Å². The van der Waals surface area contributed by atoms with Crippen molar-refractivity contribution in [3.05, 3.63) is 0 Å². The van der Waals surface area contributed by atoms with E-state index in [-0.39, 0.29) is 6.42 Å². The molecule has 106 valence electrons. The van der Waals surface area contributed by atoms with E-state index in [1.165, 1.54) is 0 Å². The second kappa shape index (κ2) is 5.97. The van der Waals surface area contributed by atoms with Crippen LogP contribution >= 0.6 is 0 Å². The normalized spacial score (nSPS) is 39.6. The van der Waals surface area contributed by atoms with Crippen molar-refractivity contribution < 1.29 is 20.4 Å². The second-order valence-corrected chi connectivity index (χ2v) is 5.25. The van der Waals surface area contributed by atoms with Crippen molar-refractivity contribution in [1.29, 1.82) is 0 Å². The molecule has 1 aliphatic carbocycles. The Labute approximate surface area is 108 Å². The summed E-state index contributed by atoms with van der Waals surface area (Å²) < 4.78 is 0. The van der Waals surface area contributed by atoms with Gasteiger partial charge in [0.15, 0.2) is 0 Å². The van der Waals surface area contributed by atoms with Crippen LogP contribution in [0.1, 0.15) is 20.3 Å². The first-order valence-electron chi connectivity index (χ1n) is 6.19. The van der Waals surface area contributed by atoms with Crippen molar-refractivity contribution in [2.75, 3.05) is 14.1 Å². The average molecular weight is 260 g/mol. The van der Waals surface area contributed by atoms with Crippen LogP contribution in [0.5, 0.6) is 0 Å². The molecule has 0 saturated heterocycles. The highest BCUT2D eigenvalue weighted by atomic mass is 16.3. The molecule has 0 bridgehead atoms. The molecule has 0 aromatic carbocycles. The van der Waals surface area contributed by atoms with Gasteiger partial charge in [-0.05, 0) is 20.3 Å². The molecule has 1 saturated carbocycles. The van der Waals surface area contributed by atoms with Gasteiger partial charge in [0, 0.05) is 20.0 Å². The lowest BCUT2D eigenvalue weighted by Gasteiger charge is -2.40. The highest BCUT2D eigenvalue weighted by molar-refractivity contribution is 5.79. The lowest BCUT2D eigenvalue weighted by molar-refractivity contribution is -0.121. The van der Waals surface area contributed by atoms with Crippen molar-refractivity contribution in [3.8, 4) is 0 Å². The molecule has 0 amide bonds. The van der Waals surface area contributed by atoms with Gasteiger partial charge < -0.3 is 25.3 Å². The Balaban J connectivity index is 2.87. The maximum Gasteiger partial charge on any atom is 0.106 e. The van der Waals surface area contributed by atoms with Gasteiger partial charge in [0.1, 0.15) is 12.1 Å². The molecule has 6 nitrogen and oxygen atoms in total. The van der Waals surface area contributed by atoms with E-state index in [9.17, 15) is 20.4 Å². The molecular formula is C12H24N2O4. The monoisotopic (exact) mass is 260 g/mol. The number of nitrogens with zero attached hydrogens (tertiary/aromatic N) is 2. The molecule has 0 unspecified atom stereocenters. The smallest absolute Gasteiger partial charge is 0.106 e. The highest BCUT2D eigenvalue weighted by Gasteiger charge is 2.44. The molecule has 4 N–H and O–H groups in total. The summed E-state index contributed by atoms with van der Waals surface area (Å²) >= 11 is 0. The fourth-order valence-corrected chi connectivity index (χ4v) is 2.22. The van der Waals surface area contributed by atoms with Gasteiger partial charge in [0.05, 0.1) is 24.1 Å². The molecule has 0 aromatic heterocycles. The first-order valence-corrected chi connectivity index (χ1v) is 6.19. The number of rotatable bonds is 2. The number of aliphatic hydroxyl groups excluding tert-OH is 4. The van der Waals surface area contributed by atoms with Crippen molar-refractivity contribution in [2.45, 2.75) is 50.7 Å². The van der Waals surface area contributed by atoms with Gasteiger partial charge in [-0.15, -0.1) is 0 Å². The predicted octanol–water partition coefficient (Wildman–Crippen LogP) is -1.18. The highest BCUT2D eigenvalue weighted by Crippen LogP contribution is 2.30. The Morgan fingerprint density at radius 2 is 1.78 bits per heavy atom. The summed E-state index contributed by atoms with van der Waals surface area (Å²) in [7, 11) is 3.63. The molecule has 1 rings (SSSR count). The largest absolute Gasteiger partial charge is 0.393 e. The van der Waals surface area contributed by atoms with E-state index >= 15 is 0 Å². The quantitative estimate of drug-likeness (QED) is 0.370. The summed E-state index contributed by atoms with van der Waals surface area (Å²) in [5, 5.41) is 39.5. The van der Waals surface area contributed by atoms with E-state index in [2.05, 4.69) is 4.99 Å². The zero-order chi connectivity index (χ0) is 14.0. The van der Waals surface area contributed by atoms with Gasteiger partial charge in [0.2, 0.25) is 0 Å². The zero-order valence-corrected chi connectivity index (χ0v) is 11.4. The van der Waals surface area contributed by atoms with Gasteiger partial charge in [-0.1, -0.05) is 0 Å². The third-order valence-corrected chi connectivity index (χ3v) is 3.65. The molecule has 0 spiro atoms. The molecule has 6 atom stereocenters. The summed E-state index contributed by atoms with van der Waals surface area (Å²) in [5.41, 5.74) is 0. The van der Waals surface area contributed by atoms with Crippen LogP contribution in [0, 0.1) is 5.92 Å². The van der Waals surface area contributed by atoms with Crippen LogP contribution in [0.3, 0.4) is 0 Å². The molecular weight excluding hydrogens is 236 g/mol. The maximum absolute atomic E-state index is 10.0. The van der Waals surface area contributed by atoms with E-state index in [0.717, 1.165) is 0 Å². The Hall–Kier alpha value is -0.690. The van der Waals surface area contributed by atoms with Crippen LogP contribution in [0.2, 0.25) is 0 Å². The third-order valence-electron chi connectivity index (χ3n) is 3.65. The minimum Gasteiger partial charge on any atom is -0.393 e. The number of aliphatic imine (C=N–C) groups is 1. The lowest BCUT2D eigenvalue weighted by atomic mass is 9.77. The number of hydrogen-bond acceptors (Lipinski definition) is 5. The van der Waals surface area contributed by atoms with Crippen LogP contribution in [0.25, 0.3) is 0 Å². The molecule has 0 radical (unpaired) electrons. The van der Waals surface area contributed by atoms with Crippen molar-refractivity contribution in [2.24, 2.45) is 10.9 Å². The van der Waals surface area contributed by atoms with Crippen LogP contribution in [0.4, 0.5) is 0 Å². The number of hydrogen-bond donors (Lipinski definition) is 4. The Kier molecular flexibility index (Phi) is 5.10. The molecule has 6 heteroatoms. The van der Waals surface area contributed by atoms with E-state index in [0.29, 0.717) is 5.84 Å².